The van der Waals surface area contributed by atoms with Gasteiger partial charge in [0.25, 0.3) is 0 Å². The second-order valence-corrected chi connectivity index (χ2v) is 7.37. The van der Waals surface area contributed by atoms with Gasteiger partial charge in [-0.15, -0.1) is 0 Å². The lowest BCUT2D eigenvalue weighted by Gasteiger charge is -2.32. The molecule has 1 fully saturated rings. The maximum Gasteiger partial charge on any atom is 0.320 e. The maximum absolute atomic E-state index is 12.4. The Labute approximate surface area is 155 Å². The van der Waals surface area contributed by atoms with Crippen LogP contribution in [-0.4, -0.2) is 100 Å². The van der Waals surface area contributed by atoms with Gasteiger partial charge < -0.3 is 10.2 Å². The molecule has 1 saturated heterocycles. The van der Waals surface area contributed by atoms with Crippen molar-refractivity contribution in [2.24, 2.45) is 5.92 Å². The van der Waals surface area contributed by atoms with Crippen LogP contribution in [0.15, 0.2) is 0 Å². The summed E-state index contributed by atoms with van der Waals surface area (Å²) in [6, 6.07) is -1.60. The molecule has 0 aromatic rings. The number of carbonyl (C=O) groups is 3. The first-order chi connectivity index (χ1) is 12.1. The zero-order chi connectivity index (χ0) is 20.0. The zero-order valence-corrected chi connectivity index (χ0v) is 16.5. The zero-order valence-electron chi connectivity index (χ0n) is 16.5. The number of nitrogens with zero attached hydrogens (tertiary/aromatic N) is 3. The summed E-state index contributed by atoms with van der Waals surface area (Å²) in [7, 11) is 0. The second-order valence-electron chi connectivity index (χ2n) is 7.37. The number of hydrogen-bond donors (Lipinski definition) is 2. The smallest absolute Gasteiger partial charge is 0.320 e. The van der Waals surface area contributed by atoms with Gasteiger partial charge in [-0.05, 0) is 20.8 Å². The number of ketones is 1. The lowest BCUT2D eigenvalue weighted by molar-refractivity contribution is -0.144. The van der Waals surface area contributed by atoms with Crippen molar-refractivity contribution in [3.05, 3.63) is 0 Å². The highest BCUT2D eigenvalue weighted by atomic mass is 16.4. The molecule has 0 aromatic carbocycles. The van der Waals surface area contributed by atoms with Crippen molar-refractivity contribution in [3.8, 4) is 0 Å². The van der Waals surface area contributed by atoms with Crippen LogP contribution in [0.1, 0.15) is 34.6 Å². The quantitative estimate of drug-likeness (QED) is 0.666. The van der Waals surface area contributed by atoms with Crippen LogP contribution in [-0.2, 0) is 14.4 Å². The molecule has 150 valence electrons. The molecule has 2 N–H and O–H groups in total. The molecule has 1 heterocycles. The number of carboxylic acid groups (broad SMARTS) is 2. The van der Waals surface area contributed by atoms with Gasteiger partial charge in [0.1, 0.15) is 12.1 Å². The minimum Gasteiger partial charge on any atom is -0.480 e. The number of Topliss-reactive ketones (excluding diaryl/α,β-unsaturated/α-hetero) is 1. The third-order valence-electron chi connectivity index (χ3n) is 5.36. The lowest BCUT2D eigenvalue weighted by atomic mass is 10.0. The molecule has 3 atom stereocenters. The van der Waals surface area contributed by atoms with Crippen LogP contribution in [0.2, 0.25) is 0 Å². The van der Waals surface area contributed by atoms with Crippen LogP contribution in [0, 0.1) is 5.92 Å². The Morgan fingerprint density at radius 1 is 0.615 bits per heavy atom. The fourth-order valence-corrected chi connectivity index (χ4v) is 3.24. The molecule has 0 aliphatic carbocycles. The molecule has 0 spiro atoms. The largest absolute Gasteiger partial charge is 0.480 e. The summed E-state index contributed by atoms with van der Waals surface area (Å²) >= 11 is 0. The summed E-state index contributed by atoms with van der Waals surface area (Å²) < 4.78 is 0. The van der Waals surface area contributed by atoms with E-state index in [-0.39, 0.29) is 17.7 Å². The first-order valence-electron chi connectivity index (χ1n) is 9.27. The molecule has 0 radical (unpaired) electrons. The van der Waals surface area contributed by atoms with E-state index < -0.39 is 24.0 Å². The summed E-state index contributed by atoms with van der Waals surface area (Å²) in [5.74, 6) is -1.75. The van der Waals surface area contributed by atoms with E-state index >= 15 is 0 Å². The van der Waals surface area contributed by atoms with Gasteiger partial charge in [-0.25, -0.2) is 0 Å². The molecule has 0 saturated carbocycles. The molecule has 0 amide bonds. The number of rotatable bonds is 7. The van der Waals surface area contributed by atoms with Crippen molar-refractivity contribution in [2.75, 3.05) is 39.3 Å². The monoisotopic (exact) mass is 371 g/mol. The fourth-order valence-electron chi connectivity index (χ4n) is 3.24. The third kappa shape index (κ3) is 6.03. The molecule has 3 unspecified atom stereocenters. The number of hydrogen-bond acceptors (Lipinski definition) is 6. The molecule has 1 aliphatic heterocycles. The Morgan fingerprint density at radius 2 is 0.885 bits per heavy atom. The van der Waals surface area contributed by atoms with Gasteiger partial charge in [0.05, 0.1) is 6.04 Å². The Kier molecular flexibility index (Phi) is 8.66. The molecule has 0 aromatic heterocycles. The van der Waals surface area contributed by atoms with E-state index in [1.165, 1.54) is 0 Å². The van der Waals surface area contributed by atoms with Crippen LogP contribution in [0.5, 0.6) is 0 Å². The number of carbonyl (C=O) groups excluding carboxylic acids is 1. The number of aliphatic carboxylic acids is 2. The van der Waals surface area contributed by atoms with Gasteiger partial charge in [-0.2, -0.15) is 0 Å². The SMILES string of the molecule is CC(C)C(=O)C(C)N1CCN(C(C)C(=O)O)CCN(C(C)C(=O)O)CC1. The number of carboxylic acids is 2. The standard InChI is InChI=1S/C18H33N3O5/c1-12(2)16(22)13(3)19-6-8-20(14(4)17(23)24)10-11-21(9-7-19)15(5)18(25)26/h12-15H,6-11H2,1-5H3,(H,23,24)(H,25,26). The van der Waals surface area contributed by atoms with Gasteiger partial charge in [-0.3, -0.25) is 29.1 Å². The van der Waals surface area contributed by atoms with Crippen molar-refractivity contribution >= 4 is 17.7 Å². The molecule has 1 aliphatic rings. The average Bonchev–Trinajstić information content (AvgIpc) is 2.69. The van der Waals surface area contributed by atoms with Crippen LogP contribution in [0.25, 0.3) is 0 Å². The van der Waals surface area contributed by atoms with Crippen molar-refractivity contribution in [2.45, 2.75) is 52.7 Å². The van der Waals surface area contributed by atoms with Crippen LogP contribution in [0.4, 0.5) is 0 Å². The van der Waals surface area contributed by atoms with E-state index in [9.17, 15) is 24.6 Å². The molecule has 8 heteroatoms. The van der Waals surface area contributed by atoms with Gasteiger partial charge in [0, 0.05) is 45.2 Å². The van der Waals surface area contributed by atoms with Gasteiger partial charge in [0.2, 0.25) is 0 Å². The molecule has 0 bridgehead atoms. The Bertz CT molecular complexity index is 479. The van der Waals surface area contributed by atoms with E-state index in [1.807, 2.05) is 35.5 Å². The summed E-state index contributed by atoms with van der Waals surface area (Å²) in [6.07, 6.45) is 0. The highest BCUT2D eigenvalue weighted by molar-refractivity contribution is 5.85. The van der Waals surface area contributed by atoms with Crippen molar-refractivity contribution in [1.82, 2.24) is 14.7 Å². The van der Waals surface area contributed by atoms with E-state index in [2.05, 4.69) is 0 Å². The predicted octanol–water partition coefficient (Wildman–Crippen LogP) is 0.466. The summed E-state index contributed by atoms with van der Waals surface area (Å²) in [4.78, 5) is 40.9. The van der Waals surface area contributed by atoms with Crippen molar-refractivity contribution in [1.29, 1.82) is 0 Å². The summed E-state index contributed by atoms with van der Waals surface area (Å²) in [5, 5.41) is 18.7. The topological polar surface area (TPSA) is 101 Å². The van der Waals surface area contributed by atoms with Gasteiger partial charge in [-0.1, -0.05) is 13.8 Å². The van der Waals surface area contributed by atoms with Crippen molar-refractivity contribution in [3.63, 3.8) is 0 Å². The molecule has 1 rings (SSSR count). The van der Waals surface area contributed by atoms with E-state index in [0.29, 0.717) is 39.3 Å². The van der Waals surface area contributed by atoms with Crippen LogP contribution < -0.4 is 0 Å². The summed E-state index contributed by atoms with van der Waals surface area (Å²) in [6.45, 7) is 12.0. The minimum absolute atomic E-state index is 0.0827. The second kappa shape index (κ2) is 9.99. The fraction of sp³-hybridized carbons (Fsp3) is 0.833. The molecule has 26 heavy (non-hydrogen) atoms. The minimum atomic E-state index is -0.903. The average molecular weight is 371 g/mol. The summed E-state index contributed by atoms with van der Waals surface area (Å²) in [5.41, 5.74) is 0. The molecular weight excluding hydrogens is 338 g/mol. The van der Waals surface area contributed by atoms with Gasteiger partial charge in [0.15, 0.2) is 5.78 Å². The maximum atomic E-state index is 12.4. The van der Waals surface area contributed by atoms with Gasteiger partial charge >= 0.3 is 11.9 Å². The normalized spacial score (nSPS) is 22.1. The molecular formula is C18H33N3O5. The molecule has 8 nitrogen and oxygen atoms in total. The highest BCUT2D eigenvalue weighted by Gasteiger charge is 2.30. The predicted molar refractivity (Wildman–Crippen MR) is 98.2 cm³/mol. The van der Waals surface area contributed by atoms with Crippen LogP contribution >= 0.6 is 0 Å². The Balaban J connectivity index is 3.01. The van der Waals surface area contributed by atoms with Crippen molar-refractivity contribution < 1.29 is 24.6 Å². The first kappa shape index (κ1) is 22.5. The van der Waals surface area contributed by atoms with E-state index in [0.717, 1.165) is 0 Å². The first-order valence-corrected chi connectivity index (χ1v) is 9.27. The van der Waals surface area contributed by atoms with E-state index in [1.54, 1.807) is 13.8 Å². The highest BCUT2D eigenvalue weighted by Crippen LogP contribution is 2.12. The lowest BCUT2D eigenvalue weighted by Crippen LogP contribution is -2.48. The Hall–Kier alpha value is -1.51. The van der Waals surface area contributed by atoms with E-state index in [4.69, 9.17) is 0 Å². The Morgan fingerprint density at radius 3 is 1.12 bits per heavy atom. The van der Waals surface area contributed by atoms with Crippen LogP contribution in [0.3, 0.4) is 0 Å². The third-order valence-corrected chi connectivity index (χ3v) is 5.36.